The molecule has 0 fully saturated rings. The van der Waals surface area contributed by atoms with E-state index in [1.165, 1.54) is 12.1 Å². The van der Waals surface area contributed by atoms with E-state index in [0.29, 0.717) is 24.3 Å². The van der Waals surface area contributed by atoms with Crippen LogP contribution in [0, 0.1) is 0 Å². The number of carbonyl (C=O) groups is 3. The first kappa shape index (κ1) is 34.6. The molecule has 0 radical (unpaired) electrons. The Morgan fingerprint density at radius 3 is 1.52 bits per heavy atom. The van der Waals surface area contributed by atoms with Gasteiger partial charge in [-0.1, -0.05) is 48.5 Å². The van der Waals surface area contributed by atoms with E-state index in [0.717, 1.165) is 30.5 Å². The van der Waals surface area contributed by atoms with Crippen molar-refractivity contribution in [3.05, 3.63) is 94.9 Å². The minimum atomic E-state index is -5.86. The second-order valence-corrected chi connectivity index (χ2v) is 12.7. The second-order valence-electron chi connectivity index (χ2n) is 9.38. The van der Waals surface area contributed by atoms with Crippen LogP contribution in [0.3, 0.4) is 0 Å². The van der Waals surface area contributed by atoms with E-state index in [4.69, 9.17) is 24.0 Å². The van der Waals surface area contributed by atoms with Crippen molar-refractivity contribution in [1.29, 1.82) is 0 Å². The zero-order valence-corrected chi connectivity index (χ0v) is 23.8. The Bertz CT molecular complexity index is 1590. The van der Waals surface area contributed by atoms with E-state index < -0.39 is 80.4 Å². The lowest BCUT2D eigenvalue weighted by atomic mass is 10.0. The molecule has 0 aliphatic rings. The SMILES string of the molecule is O=C(NC(Cc1ccc(C(F)(F)P(=O)(O)O)cc1)C(=O)NC(Cc1ccc(C(F)(F)P(=O)(O)O)cc1)C(=O)O)c1ccco1. The molecular weight excluding hydrogens is 642 g/mol. The first-order valence-corrected chi connectivity index (χ1v) is 15.4. The highest BCUT2D eigenvalue weighted by molar-refractivity contribution is 7.52. The lowest BCUT2D eigenvalue weighted by Crippen LogP contribution is -2.53. The summed E-state index contributed by atoms with van der Waals surface area (Å²) in [4.78, 5) is 73.3. The Kier molecular flexibility index (Phi) is 10.3. The molecule has 0 aliphatic heterocycles. The van der Waals surface area contributed by atoms with Gasteiger partial charge in [-0.3, -0.25) is 18.7 Å². The van der Waals surface area contributed by atoms with Crippen LogP contribution in [0.15, 0.2) is 71.3 Å². The number of furan rings is 1. The minimum absolute atomic E-state index is 0.0701. The number of carboxylic acid groups (broad SMARTS) is 1. The number of hydrogen-bond acceptors (Lipinski definition) is 6. The summed E-state index contributed by atoms with van der Waals surface area (Å²) in [6, 6.07) is 6.13. The first-order chi connectivity index (χ1) is 20.2. The normalized spacial score (nSPS) is 14.0. The Morgan fingerprint density at radius 2 is 1.16 bits per heavy atom. The lowest BCUT2D eigenvalue weighted by molar-refractivity contribution is -0.142. The van der Waals surface area contributed by atoms with Crippen molar-refractivity contribution < 1.29 is 70.2 Å². The van der Waals surface area contributed by atoms with Gasteiger partial charge in [-0.05, 0) is 23.3 Å². The predicted molar refractivity (Wildman–Crippen MR) is 142 cm³/mol. The van der Waals surface area contributed by atoms with E-state index in [2.05, 4.69) is 10.6 Å². The highest BCUT2D eigenvalue weighted by Gasteiger charge is 2.51. The van der Waals surface area contributed by atoms with Crippen molar-refractivity contribution >= 4 is 33.0 Å². The molecule has 7 N–H and O–H groups in total. The summed E-state index contributed by atoms with van der Waals surface area (Å²) < 4.78 is 83.1. The van der Waals surface area contributed by atoms with Crippen LogP contribution in [0.2, 0.25) is 0 Å². The molecule has 238 valence electrons. The van der Waals surface area contributed by atoms with Gasteiger partial charge in [0.05, 0.1) is 6.26 Å². The number of carbonyl (C=O) groups excluding carboxylic acids is 2. The first-order valence-electron chi connectivity index (χ1n) is 12.2. The number of amides is 2. The molecule has 19 heteroatoms. The van der Waals surface area contributed by atoms with E-state index in [1.54, 1.807) is 0 Å². The van der Waals surface area contributed by atoms with Crippen LogP contribution in [0.4, 0.5) is 17.6 Å². The van der Waals surface area contributed by atoms with Crippen molar-refractivity contribution in [2.24, 2.45) is 0 Å². The van der Waals surface area contributed by atoms with Crippen LogP contribution in [0.1, 0.15) is 32.8 Å². The Hall–Kier alpha value is -3.85. The van der Waals surface area contributed by atoms with E-state index >= 15 is 0 Å². The summed E-state index contributed by atoms with van der Waals surface area (Å²) in [5, 5.41) is 14.2. The molecule has 1 aromatic heterocycles. The number of carboxylic acids is 1. The van der Waals surface area contributed by atoms with Gasteiger partial charge in [-0.2, -0.15) is 17.6 Å². The quantitative estimate of drug-likeness (QED) is 0.104. The molecule has 44 heavy (non-hydrogen) atoms. The molecule has 0 bridgehead atoms. The summed E-state index contributed by atoms with van der Waals surface area (Å²) in [7, 11) is -11.7. The average Bonchev–Trinajstić information content (AvgIpc) is 3.47. The predicted octanol–water partition coefficient (Wildman–Crippen LogP) is 2.89. The van der Waals surface area contributed by atoms with Gasteiger partial charge in [-0.25, -0.2) is 4.79 Å². The summed E-state index contributed by atoms with van der Waals surface area (Å²) in [5.74, 6) is -3.80. The Morgan fingerprint density at radius 1 is 0.727 bits per heavy atom. The van der Waals surface area contributed by atoms with Gasteiger partial charge in [0.2, 0.25) is 5.91 Å². The third-order valence-corrected chi connectivity index (χ3v) is 8.17. The number of benzene rings is 2. The van der Waals surface area contributed by atoms with Crippen molar-refractivity contribution in [3.63, 3.8) is 0 Å². The summed E-state index contributed by atoms with van der Waals surface area (Å²) in [6.45, 7) is 0. The molecule has 1 heterocycles. The summed E-state index contributed by atoms with van der Waals surface area (Å²) in [5.41, 5.74) is -10.9. The van der Waals surface area contributed by atoms with Gasteiger partial charge >= 0.3 is 32.5 Å². The van der Waals surface area contributed by atoms with Crippen LogP contribution in [0.5, 0.6) is 0 Å². The third-order valence-electron chi connectivity index (χ3n) is 6.20. The molecule has 2 amide bonds. The maximum absolute atomic E-state index is 14.0. The fourth-order valence-corrected chi connectivity index (χ4v) is 4.78. The number of aliphatic carboxylic acids is 1. The lowest BCUT2D eigenvalue weighted by Gasteiger charge is -2.22. The molecule has 2 atom stereocenters. The Labute approximate surface area is 245 Å². The van der Waals surface area contributed by atoms with Gasteiger partial charge < -0.3 is 39.7 Å². The molecule has 0 spiro atoms. The largest absolute Gasteiger partial charge is 0.480 e. The van der Waals surface area contributed by atoms with Gasteiger partial charge in [0.15, 0.2) is 5.76 Å². The molecule has 2 unspecified atom stereocenters. The third kappa shape index (κ3) is 8.00. The van der Waals surface area contributed by atoms with Gasteiger partial charge in [0.25, 0.3) is 5.91 Å². The van der Waals surface area contributed by atoms with Crippen LogP contribution in [0.25, 0.3) is 0 Å². The zero-order valence-electron chi connectivity index (χ0n) is 22.0. The maximum Gasteiger partial charge on any atom is 0.399 e. The summed E-state index contributed by atoms with van der Waals surface area (Å²) in [6.07, 6.45) is 0.248. The average molecular weight is 666 g/mol. The standard InChI is InChI=1S/C25H24F4N2O11P2/c26-24(27,43(36,37)38)16-7-3-14(4-8-16)12-18(30-22(33)20-2-1-11-42-20)21(32)31-19(23(34)35)13-15-5-9-17(10-6-15)25(28,29)44(39,40)41/h1-11,18-19H,12-13H2,(H,30,33)(H,31,32)(H,34,35)(H2,36,37,38)(H2,39,40,41). The number of hydrogen-bond donors (Lipinski definition) is 7. The van der Waals surface area contributed by atoms with Crippen molar-refractivity contribution in [2.45, 2.75) is 36.3 Å². The van der Waals surface area contributed by atoms with Crippen LogP contribution in [-0.2, 0) is 42.9 Å². The smallest absolute Gasteiger partial charge is 0.399 e. The van der Waals surface area contributed by atoms with Crippen molar-refractivity contribution in [2.75, 3.05) is 0 Å². The number of halogens is 4. The topological polar surface area (TPSA) is 224 Å². The number of alkyl halides is 4. The highest BCUT2D eigenvalue weighted by atomic mass is 31.2. The Balaban J connectivity index is 1.83. The van der Waals surface area contributed by atoms with Crippen LogP contribution >= 0.6 is 15.2 Å². The second kappa shape index (κ2) is 13.0. The van der Waals surface area contributed by atoms with E-state index in [9.17, 15) is 46.2 Å². The molecular formula is C25H24F4N2O11P2. The van der Waals surface area contributed by atoms with Gasteiger partial charge in [0, 0.05) is 24.0 Å². The zero-order chi connectivity index (χ0) is 33.1. The maximum atomic E-state index is 14.0. The fraction of sp³-hybridized carbons (Fsp3) is 0.240. The number of nitrogens with one attached hydrogen (secondary N) is 2. The number of rotatable bonds is 13. The van der Waals surface area contributed by atoms with Crippen molar-refractivity contribution in [1.82, 2.24) is 10.6 Å². The molecule has 13 nitrogen and oxygen atoms in total. The van der Waals surface area contributed by atoms with Crippen LogP contribution in [-0.4, -0.2) is 54.5 Å². The molecule has 3 aromatic rings. The minimum Gasteiger partial charge on any atom is -0.480 e. The van der Waals surface area contributed by atoms with Gasteiger partial charge in [-0.15, -0.1) is 0 Å². The molecule has 3 rings (SSSR count). The molecule has 0 saturated carbocycles. The van der Waals surface area contributed by atoms with Gasteiger partial charge in [0.1, 0.15) is 12.1 Å². The highest BCUT2D eigenvalue weighted by Crippen LogP contribution is 2.60. The fourth-order valence-electron chi connectivity index (χ4n) is 3.81. The van der Waals surface area contributed by atoms with Crippen LogP contribution < -0.4 is 10.6 Å². The van der Waals surface area contributed by atoms with E-state index in [1.807, 2.05) is 0 Å². The molecule has 2 aromatic carbocycles. The van der Waals surface area contributed by atoms with Crippen molar-refractivity contribution in [3.8, 4) is 0 Å². The molecule has 0 saturated heterocycles. The summed E-state index contributed by atoms with van der Waals surface area (Å²) >= 11 is 0. The molecule has 0 aliphatic carbocycles. The van der Waals surface area contributed by atoms with E-state index in [-0.39, 0.29) is 16.9 Å². The monoisotopic (exact) mass is 666 g/mol.